The third-order valence-corrected chi connectivity index (χ3v) is 5.09. The van der Waals surface area contributed by atoms with Gasteiger partial charge in [-0.2, -0.15) is 8.78 Å². The normalized spacial score (nSPS) is 11.9. The minimum atomic E-state index is -2.97. The van der Waals surface area contributed by atoms with Crippen molar-refractivity contribution >= 4 is 22.7 Å². The summed E-state index contributed by atoms with van der Waals surface area (Å²) in [6.07, 6.45) is 2.15. The molecule has 3 rings (SSSR count). The zero-order valence-electron chi connectivity index (χ0n) is 18.7. The standard InChI is InChI=1S/C24H27F2N3O4/c1-4-32-22-11-16(9-10-21(22)33-24(25)26)14-29(3)23(31)20(28-15(2)30)12-17-13-27-19-8-6-5-7-18(17)19/h5-11,13,20,24,27H,4,12,14H2,1-3H3,(H,28,30). The molecule has 0 saturated heterocycles. The van der Waals surface area contributed by atoms with Gasteiger partial charge in [0, 0.05) is 44.0 Å². The van der Waals surface area contributed by atoms with Gasteiger partial charge in [-0.15, -0.1) is 0 Å². The molecule has 2 N–H and O–H groups in total. The van der Waals surface area contributed by atoms with E-state index >= 15 is 0 Å². The molecule has 0 radical (unpaired) electrons. The predicted molar refractivity (Wildman–Crippen MR) is 120 cm³/mol. The van der Waals surface area contributed by atoms with Crippen molar-refractivity contribution in [1.29, 1.82) is 0 Å². The van der Waals surface area contributed by atoms with E-state index in [1.165, 1.54) is 17.9 Å². The van der Waals surface area contributed by atoms with E-state index in [0.717, 1.165) is 16.5 Å². The maximum absolute atomic E-state index is 13.2. The van der Waals surface area contributed by atoms with Crippen LogP contribution in [0.1, 0.15) is 25.0 Å². The number of carbonyl (C=O) groups excluding carboxylic acids is 2. The van der Waals surface area contributed by atoms with Crippen molar-refractivity contribution in [3.63, 3.8) is 0 Å². The smallest absolute Gasteiger partial charge is 0.387 e. The van der Waals surface area contributed by atoms with Gasteiger partial charge in [0.1, 0.15) is 6.04 Å². The molecule has 0 aliphatic heterocycles. The van der Waals surface area contributed by atoms with E-state index in [1.54, 1.807) is 26.1 Å². The number of nitrogens with zero attached hydrogens (tertiary/aromatic N) is 1. The Morgan fingerprint density at radius 1 is 1.15 bits per heavy atom. The van der Waals surface area contributed by atoms with Gasteiger partial charge in [0.2, 0.25) is 11.8 Å². The number of H-pyrrole nitrogens is 1. The number of likely N-dealkylation sites (N-methyl/N-ethyl adjacent to an activating group) is 1. The first-order valence-corrected chi connectivity index (χ1v) is 10.6. The number of hydrogen-bond donors (Lipinski definition) is 2. The summed E-state index contributed by atoms with van der Waals surface area (Å²) < 4.78 is 35.2. The molecule has 1 aromatic heterocycles. The van der Waals surface area contributed by atoms with E-state index < -0.39 is 12.7 Å². The molecular weight excluding hydrogens is 432 g/mol. The highest BCUT2D eigenvalue weighted by molar-refractivity contribution is 5.89. The van der Waals surface area contributed by atoms with E-state index in [9.17, 15) is 18.4 Å². The molecule has 0 saturated carbocycles. The van der Waals surface area contributed by atoms with Crippen LogP contribution in [-0.2, 0) is 22.6 Å². The Labute approximate surface area is 190 Å². The van der Waals surface area contributed by atoms with Crippen molar-refractivity contribution in [2.45, 2.75) is 39.5 Å². The van der Waals surface area contributed by atoms with E-state index in [1.807, 2.05) is 30.5 Å². The lowest BCUT2D eigenvalue weighted by molar-refractivity contribution is -0.135. The van der Waals surface area contributed by atoms with Crippen LogP contribution < -0.4 is 14.8 Å². The minimum Gasteiger partial charge on any atom is -0.490 e. The molecule has 176 valence electrons. The number of benzene rings is 2. The average molecular weight is 459 g/mol. The molecule has 0 aliphatic rings. The van der Waals surface area contributed by atoms with E-state index in [4.69, 9.17) is 4.74 Å². The number of carbonyl (C=O) groups is 2. The number of aromatic nitrogens is 1. The Balaban J connectivity index is 1.77. The van der Waals surface area contributed by atoms with E-state index in [-0.39, 0.29) is 36.5 Å². The van der Waals surface area contributed by atoms with Crippen molar-refractivity contribution < 1.29 is 27.8 Å². The minimum absolute atomic E-state index is 0.0694. The molecule has 2 aromatic carbocycles. The summed E-state index contributed by atoms with van der Waals surface area (Å²) in [5.74, 6) is -0.483. The second kappa shape index (κ2) is 10.8. The molecule has 2 amide bonds. The van der Waals surface area contributed by atoms with Crippen molar-refractivity contribution in [1.82, 2.24) is 15.2 Å². The molecule has 7 nitrogen and oxygen atoms in total. The molecule has 33 heavy (non-hydrogen) atoms. The van der Waals surface area contributed by atoms with Gasteiger partial charge in [-0.3, -0.25) is 9.59 Å². The lowest BCUT2D eigenvalue weighted by atomic mass is 10.0. The molecule has 3 aromatic rings. The zero-order chi connectivity index (χ0) is 24.0. The number of para-hydroxylation sites is 1. The van der Waals surface area contributed by atoms with E-state index in [0.29, 0.717) is 12.0 Å². The summed E-state index contributed by atoms with van der Waals surface area (Å²) in [5, 5.41) is 3.73. The maximum atomic E-state index is 13.2. The van der Waals surface area contributed by atoms with Gasteiger partial charge in [-0.05, 0) is 36.2 Å². The highest BCUT2D eigenvalue weighted by atomic mass is 19.3. The molecule has 0 spiro atoms. The number of fused-ring (bicyclic) bond motifs is 1. The number of hydrogen-bond acceptors (Lipinski definition) is 4. The highest BCUT2D eigenvalue weighted by Crippen LogP contribution is 2.30. The SMILES string of the molecule is CCOc1cc(CN(C)C(=O)C(Cc2c[nH]c3ccccc23)NC(C)=O)ccc1OC(F)F. The maximum Gasteiger partial charge on any atom is 0.387 e. The van der Waals surface area contributed by atoms with Gasteiger partial charge in [-0.25, -0.2) is 0 Å². The van der Waals surface area contributed by atoms with Crippen LogP contribution in [0.4, 0.5) is 8.78 Å². The monoisotopic (exact) mass is 459 g/mol. The first-order chi connectivity index (χ1) is 15.8. The van der Waals surface area contributed by atoms with Gasteiger partial charge < -0.3 is 24.7 Å². The average Bonchev–Trinajstić information content (AvgIpc) is 3.17. The predicted octanol–water partition coefficient (Wildman–Crippen LogP) is 3.87. The summed E-state index contributed by atoms with van der Waals surface area (Å²) in [5.41, 5.74) is 2.53. The number of alkyl halides is 2. The number of rotatable bonds is 10. The summed E-state index contributed by atoms with van der Waals surface area (Å²) in [4.78, 5) is 29.7. The quantitative estimate of drug-likeness (QED) is 0.482. The molecule has 0 fully saturated rings. The first kappa shape index (κ1) is 24.0. The summed E-state index contributed by atoms with van der Waals surface area (Å²) in [7, 11) is 1.62. The number of nitrogens with one attached hydrogen (secondary N) is 2. The van der Waals surface area contributed by atoms with Crippen molar-refractivity contribution in [3.8, 4) is 11.5 Å². The third-order valence-electron chi connectivity index (χ3n) is 5.09. The fourth-order valence-corrected chi connectivity index (χ4v) is 3.70. The first-order valence-electron chi connectivity index (χ1n) is 10.6. The van der Waals surface area contributed by atoms with Crippen LogP contribution in [-0.4, -0.2) is 48.0 Å². The largest absolute Gasteiger partial charge is 0.490 e. The summed E-state index contributed by atoms with van der Waals surface area (Å²) in [6.45, 7) is 0.593. The zero-order valence-corrected chi connectivity index (χ0v) is 18.7. The van der Waals surface area contributed by atoms with Gasteiger partial charge in [-0.1, -0.05) is 24.3 Å². The van der Waals surface area contributed by atoms with Crippen LogP contribution in [0.5, 0.6) is 11.5 Å². The Hall–Kier alpha value is -3.62. The van der Waals surface area contributed by atoms with Gasteiger partial charge in [0.05, 0.1) is 6.61 Å². The number of ether oxygens (including phenoxy) is 2. The molecule has 0 bridgehead atoms. The summed E-state index contributed by atoms with van der Waals surface area (Å²) >= 11 is 0. The Bertz CT molecular complexity index is 1120. The van der Waals surface area contributed by atoms with Crippen LogP contribution >= 0.6 is 0 Å². The number of aromatic amines is 1. The Morgan fingerprint density at radius 2 is 1.91 bits per heavy atom. The molecule has 9 heteroatoms. The van der Waals surface area contributed by atoms with Crippen LogP contribution in [0.15, 0.2) is 48.7 Å². The molecule has 1 atom stereocenters. The molecular formula is C24H27F2N3O4. The van der Waals surface area contributed by atoms with Crippen LogP contribution in [0.3, 0.4) is 0 Å². The van der Waals surface area contributed by atoms with Crippen molar-refractivity contribution in [3.05, 3.63) is 59.8 Å². The lowest BCUT2D eigenvalue weighted by Crippen LogP contribution is -2.47. The Kier molecular flexibility index (Phi) is 7.87. The fourth-order valence-electron chi connectivity index (χ4n) is 3.70. The highest BCUT2D eigenvalue weighted by Gasteiger charge is 2.25. The van der Waals surface area contributed by atoms with Crippen LogP contribution in [0.2, 0.25) is 0 Å². The van der Waals surface area contributed by atoms with E-state index in [2.05, 4.69) is 15.0 Å². The van der Waals surface area contributed by atoms with Gasteiger partial charge >= 0.3 is 6.61 Å². The van der Waals surface area contributed by atoms with Crippen molar-refractivity contribution in [2.75, 3.05) is 13.7 Å². The second-order valence-electron chi connectivity index (χ2n) is 7.60. The molecule has 1 unspecified atom stereocenters. The number of amides is 2. The Morgan fingerprint density at radius 3 is 2.61 bits per heavy atom. The fraction of sp³-hybridized carbons (Fsp3) is 0.333. The topological polar surface area (TPSA) is 83.7 Å². The van der Waals surface area contributed by atoms with Crippen LogP contribution in [0.25, 0.3) is 10.9 Å². The van der Waals surface area contributed by atoms with Crippen molar-refractivity contribution in [2.24, 2.45) is 0 Å². The summed E-state index contributed by atoms with van der Waals surface area (Å²) in [6, 6.07) is 11.5. The lowest BCUT2D eigenvalue weighted by Gasteiger charge is -2.25. The van der Waals surface area contributed by atoms with Gasteiger partial charge in [0.25, 0.3) is 0 Å². The second-order valence-corrected chi connectivity index (χ2v) is 7.60. The molecule has 0 aliphatic carbocycles. The third kappa shape index (κ3) is 6.21. The number of halogens is 2. The van der Waals surface area contributed by atoms with Crippen LogP contribution in [0, 0.1) is 0 Å². The van der Waals surface area contributed by atoms with Gasteiger partial charge in [0.15, 0.2) is 11.5 Å². The molecule has 1 heterocycles.